The normalized spacial score (nSPS) is 11.2. The predicted molar refractivity (Wildman–Crippen MR) is 83.9 cm³/mol. The van der Waals surface area contributed by atoms with Crippen molar-refractivity contribution in [2.75, 3.05) is 5.73 Å². The number of aromatic nitrogens is 1. The van der Waals surface area contributed by atoms with E-state index in [1.165, 1.54) is 21.7 Å². The summed E-state index contributed by atoms with van der Waals surface area (Å²) in [6.07, 6.45) is 3.09. The fraction of sp³-hybridized carbons (Fsp3) is 0.438. The van der Waals surface area contributed by atoms with Crippen LogP contribution in [0, 0.1) is 0 Å². The molecule has 0 spiro atoms. The van der Waals surface area contributed by atoms with Crippen molar-refractivity contribution in [1.82, 2.24) is 4.98 Å². The van der Waals surface area contributed by atoms with Gasteiger partial charge in [-0.3, -0.25) is 0 Å². The zero-order chi connectivity index (χ0) is 13.8. The molecule has 0 saturated carbocycles. The van der Waals surface area contributed by atoms with Crippen molar-refractivity contribution in [3.05, 3.63) is 46.0 Å². The standard InChI is InChI=1S/C16H22N2S/c1-4-7-14-15(19-16(17)18-14)10-12-8-5-6-9-13(12)11(2)3/h5-6,8-9,11H,4,7,10H2,1-3H3,(H2,17,18). The minimum atomic E-state index is 0.552. The molecule has 1 heterocycles. The van der Waals surface area contributed by atoms with Gasteiger partial charge in [-0.05, 0) is 23.5 Å². The lowest BCUT2D eigenvalue weighted by Crippen LogP contribution is -1.98. The SMILES string of the molecule is CCCc1nc(N)sc1Cc1ccccc1C(C)C. The average Bonchev–Trinajstić information content (AvgIpc) is 2.70. The van der Waals surface area contributed by atoms with Gasteiger partial charge in [-0.15, -0.1) is 11.3 Å². The van der Waals surface area contributed by atoms with Crippen LogP contribution in [0.25, 0.3) is 0 Å². The maximum atomic E-state index is 5.87. The predicted octanol–water partition coefficient (Wildman–Crippen LogP) is 4.39. The second-order valence-electron chi connectivity index (χ2n) is 5.20. The quantitative estimate of drug-likeness (QED) is 0.878. The van der Waals surface area contributed by atoms with Crippen LogP contribution in [0.3, 0.4) is 0 Å². The molecule has 0 unspecified atom stereocenters. The number of anilines is 1. The van der Waals surface area contributed by atoms with Gasteiger partial charge in [0, 0.05) is 11.3 Å². The summed E-state index contributed by atoms with van der Waals surface area (Å²) in [5.74, 6) is 0.552. The summed E-state index contributed by atoms with van der Waals surface area (Å²) in [7, 11) is 0. The van der Waals surface area contributed by atoms with Crippen LogP contribution in [0.1, 0.15) is 54.8 Å². The highest BCUT2D eigenvalue weighted by Gasteiger charge is 2.12. The molecule has 0 bridgehead atoms. The molecule has 0 atom stereocenters. The van der Waals surface area contributed by atoms with E-state index in [2.05, 4.69) is 50.0 Å². The maximum Gasteiger partial charge on any atom is 0.180 e. The van der Waals surface area contributed by atoms with E-state index in [0.29, 0.717) is 11.0 Å². The van der Waals surface area contributed by atoms with Crippen LogP contribution in [0.15, 0.2) is 24.3 Å². The van der Waals surface area contributed by atoms with Crippen molar-refractivity contribution in [3.8, 4) is 0 Å². The monoisotopic (exact) mass is 274 g/mol. The van der Waals surface area contributed by atoms with Crippen LogP contribution in [0.4, 0.5) is 5.13 Å². The van der Waals surface area contributed by atoms with Crippen LogP contribution in [-0.4, -0.2) is 4.98 Å². The smallest absolute Gasteiger partial charge is 0.180 e. The Hall–Kier alpha value is -1.35. The van der Waals surface area contributed by atoms with Crippen molar-refractivity contribution in [2.45, 2.75) is 46.0 Å². The molecule has 0 aliphatic rings. The molecular formula is C16H22N2S. The van der Waals surface area contributed by atoms with Gasteiger partial charge in [-0.2, -0.15) is 0 Å². The minimum absolute atomic E-state index is 0.552. The van der Waals surface area contributed by atoms with Crippen molar-refractivity contribution in [2.24, 2.45) is 0 Å². The van der Waals surface area contributed by atoms with E-state index in [-0.39, 0.29) is 0 Å². The first-order valence-electron chi connectivity index (χ1n) is 6.93. The third-order valence-electron chi connectivity index (χ3n) is 3.31. The Balaban J connectivity index is 2.31. The van der Waals surface area contributed by atoms with Gasteiger partial charge in [0.05, 0.1) is 5.69 Å². The summed E-state index contributed by atoms with van der Waals surface area (Å²) in [4.78, 5) is 5.79. The van der Waals surface area contributed by atoms with E-state index in [4.69, 9.17) is 5.73 Å². The van der Waals surface area contributed by atoms with Gasteiger partial charge in [-0.25, -0.2) is 4.98 Å². The van der Waals surface area contributed by atoms with Gasteiger partial charge in [0.15, 0.2) is 5.13 Å². The zero-order valence-corrected chi connectivity index (χ0v) is 12.8. The second kappa shape index (κ2) is 6.20. The van der Waals surface area contributed by atoms with Crippen LogP contribution in [0.5, 0.6) is 0 Å². The molecule has 0 amide bonds. The molecule has 3 heteroatoms. The highest BCUT2D eigenvalue weighted by molar-refractivity contribution is 7.15. The number of thiazole rings is 1. The van der Waals surface area contributed by atoms with E-state index in [9.17, 15) is 0 Å². The number of hydrogen-bond donors (Lipinski definition) is 1. The molecule has 1 aromatic carbocycles. The van der Waals surface area contributed by atoms with Crippen LogP contribution in [0.2, 0.25) is 0 Å². The topological polar surface area (TPSA) is 38.9 Å². The Morgan fingerprint density at radius 1 is 1.26 bits per heavy atom. The minimum Gasteiger partial charge on any atom is -0.375 e. The number of nitrogens with zero attached hydrogens (tertiary/aromatic N) is 1. The van der Waals surface area contributed by atoms with Gasteiger partial charge in [0.2, 0.25) is 0 Å². The first kappa shape index (κ1) is 14.1. The molecular weight excluding hydrogens is 252 g/mol. The van der Waals surface area contributed by atoms with Crippen molar-refractivity contribution < 1.29 is 0 Å². The van der Waals surface area contributed by atoms with Crippen LogP contribution in [-0.2, 0) is 12.8 Å². The van der Waals surface area contributed by atoms with E-state index in [1.807, 2.05) is 0 Å². The van der Waals surface area contributed by atoms with Crippen LogP contribution >= 0.6 is 11.3 Å². The summed E-state index contributed by atoms with van der Waals surface area (Å²) in [5, 5.41) is 0.695. The van der Waals surface area contributed by atoms with Gasteiger partial charge >= 0.3 is 0 Å². The van der Waals surface area contributed by atoms with Gasteiger partial charge in [0.1, 0.15) is 0 Å². The fourth-order valence-electron chi connectivity index (χ4n) is 2.40. The second-order valence-corrected chi connectivity index (χ2v) is 6.32. The number of nitrogen functional groups attached to an aromatic ring is 1. The number of benzene rings is 1. The van der Waals surface area contributed by atoms with Gasteiger partial charge in [-0.1, -0.05) is 51.5 Å². The Morgan fingerprint density at radius 2 is 2.00 bits per heavy atom. The molecule has 2 N–H and O–H groups in total. The summed E-state index contributed by atoms with van der Waals surface area (Å²) >= 11 is 1.64. The molecule has 0 saturated heterocycles. The molecule has 0 aliphatic carbocycles. The van der Waals surface area contributed by atoms with E-state index in [0.717, 1.165) is 19.3 Å². The third-order valence-corrected chi connectivity index (χ3v) is 4.24. The first-order valence-corrected chi connectivity index (χ1v) is 7.75. The number of hydrogen-bond acceptors (Lipinski definition) is 3. The summed E-state index contributed by atoms with van der Waals surface area (Å²) in [5.41, 5.74) is 9.88. The Kier molecular flexibility index (Phi) is 4.59. The Bertz CT molecular complexity index is 543. The van der Waals surface area contributed by atoms with E-state index < -0.39 is 0 Å². The third kappa shape index (κ3) is 3.35. The van der Waals surface area contributed by atoms with E-state index >= 15 is 0 Å². The number of rotatable bonds is 5. The van der Waals surface area contributed by atoms with Crippen LogP contribution < -0.4 is 5.73 Å². The molecule has 0 fully saturated rings. The molecule has 2 rings (SSSR count). The molecule has 0 aliphatic heterocycles. The lowest BCUT2D eigenvalue weighted by molar-refractivity contribution is 0.843. The largest absolute Gasteiger partial charge is 0.375 e. The van der Waals surface area contributed by atoms with Crippen molar-refractivity contribution in [3.63, 3.8) is 0 Å². The van der Waals surface area contributed by atoms with Crippen molar-refractivity contribution >= 4 is 16.5 Å². The zero-order valence-electron chi connectivity index (χ0n) is 11.9. The molecule has 0 radical (unpaired) electrons. The Morgan fingerprint density at radius 3 is 2.68 bits per heavy atom. The highest BCUT2D eigenvalue weighted by Crippen LogP contribution is 2.28. The van der Waals surface area contributed by atoms with Gasteiger partial charge < -0.3 is 5.73 Å². The Labute approximate surface area is 119 Å². The maximum absolute atomic E-state index is 5.87. The molecule has 2 nitrogen and oxygen atoms in total. The van der Waals surface area contributed by atoms with E-state index in [1.54, 1.807) is 11.3 Å². The first-order chi connectivity index (χ1) is 9.11. The highest BCUT2D eigenvalue weighted by atomic mass is 32.1. The molecule has 102 valence electrons. The average molecular weight is 274 g/mol. The summed E-state index contributed by atoms with van der Waals surface area (Å²) in [6.45, 7) is 6.67. The molecule has 19 heavy (non-hydrogen) atoms. The lowest BCUT2D eigenvalue weighted by Gasteiger charge is -2.12. The molecule has 2 aromatic rings. The lowest BCUT2D eigenvalue weighted by atomic mass is 9.94. The van der Waals surface area contributed by atoms with Gasteiger partial charge in [0.25, 0.3) is 0 Å². The number of aryl methyl sites for hydroxylation is 1. The number of nitrogens with two attached hydrogens (primary N) is 1. The molecule has 1 aromatic heterocycles. The fourth-order valence-corrected chi connectivity index (χ4v) is 3.31. The summed E-state index contributed by atoms with van der Waals surface area (Å²) in [6, 6.07) is 8.68. The summed E-state index contributed by atoms with van der Waals surface area (Å²) < 4.78 is 0. The van der Waals surface area contributed by atoms with Crippen molar-refractivity contribution in [1.29, 1.82) is 0 Å².